The zero-order chi connectivity index (χ0) is 10.3. The van der Waals surface area contributed by atoms with Gasteiger partial charge in [-0.05, 0) is 24.6 Å². The number of ether oxygens (including phenoxy) is 2. The summed E-state index contributed by atoms with van der Waals surface area (Å²) >= 11 is 0. The van der Waals surface area contributed by atoms with Crippen LogP contribution < -0.4 is 9.47 Å². The summed E-state index contributed by atoms with van der Waals surface area (Å²) < 4.78 is 10.8. The maximum absolute atomic E-state index is 5.46. The van der Waals surface area contributed by atoms with Crippen LogP contribution in [0, 0.1) is 0 Å². The molecule has 1 aromatic carbocycles. The molecule has 0 radical (unpaired) electrons. The van der Waals surface area contributed by atoms with E-state index in [2.05, 4.69) is 18.0 Å². The number of rotatable bonds is 1. The first-order chi connectivity index (χ1) is 7.40. The summed E-state index contributed by atoms with van der Waals surface area (Å²) in [6.45, 7) is 2.42. The number of fused-ring (bicyclic) bond motifs is 3. The fourth-order valence-electron chi connectivity index (χ4n) is 1.96. The Bertz CT molecular complexity index is 522. The van der Waals surface area contributed by atoms with E-state index in [-0.39, 0.29) is 0 Å². The van der Waals surface area contributed by atoms with Crippen molar-refractivity contribution in [2.75, 3.05) is 6.79 Å². The van der Waals surface area contributed by atoms with E-state index in [1.807, 2.05) is 18.3 Å². The van der Waals surface area contributed by atoms with E-state index in [0.29, 0.717) is 6.79 Å². The average Bonchev–Trinajstić information content (AvgIpc) is 2.76. The minimum Gasteiger partial charge on any atom is -0.454 e. The van der Waals surface area contributed by atoms with Gasteiger partial charge in [0, 0.05) is 22.7 Å². The third kappa shape index (κ3) is 1.16. The zero-order valence-corrected chi connectivity index (χ0v) is 8.49. The number of aromatic nitrogens is 1. The molecule has 0 spiro atoms. The van der Waals surface area contributed by atoms with Crippen LogP contribution in [0.1, 0.15) is 12.6 Å². The molecular formula is C12H11NO2. The molecule has 2 aromatic rings. The average molecular weight is 201 g/mol. The number of pyridine rings is 1. The third-order valence-electron chi connectivity index (χ3n) is 2.70. The lowest BCUT2D eigenvalue weighted by atomic mass is 10.1. The van der Waals surface area contributed by atoms with Crippen LogP contribution in [0.4, 0.5) is 0 Å². The molecule has 1 aromatic heterocycles. The highest BCUT2D eigenvalue weighted by Gasteiger charge is 2.17. The molecule has 76 valence electrons. The fraction of sp³-hybridized carbons (Fsp3) is 0.250. The summed E-state index contributed by atoms with van der Waals surface area (Å²) in [7, 11) is 0. The summed E-state index contributed by atoms with van der Waals surface area (Å²) in [5.41, 5.74) is 1.10. The van der Waals surface area contributed by atoms with Gasteiger partial charge in [-0.1, -0.05) is 6.92 Å². The third-order valence-corrected chi connectivity index (χ3v) is 2.70. The topological polar surface area (TPSA) is 31.4 Å². The SMILES string of the molecule is CCc1nccc2c3c(ccc12)OCO3. The molecule has 1 aliphatic rings. The van der Waals surface area contributed by atoms with Crippen molar-refractivity contribution in [3.8, 4) is 11.5 Å². The zero-order valence-electron chi connectivity index (χ0n) is 8.49. The van der Waals surface area contributed by atoms with Gasteiger partial charge in [-0.2, -0.15) is 0 Å². The normalized spacial score (nSPS) is 13.4. The second kappa shape index (κ2) is 3.12. The summed E-state index contributed by atoms with van der Waals surface area (Å²) in [6, 6.07) is 5.97. The first-order valence-corrected chi connectivity index (χ1v) is 5.06. The molecule has 0 bridgehead atoms. The van der Waals surface area contributed by atoms with Gasteiger partial charge < -0.3 is 9.47 Å². The lowest BCUT2D eigenvalue weighted by Crippen LogP contribution is -1.93. The van der Waals surface area contributed by atoms with Gasteiger partial charge in [0.05, 0.1) is 0 Å². The van der Waals surface area contributed by atoms with Crippen LogP contribution >= 0.6 is 0 Å². The summed E-state index contributed by atoms with van der Waals surface area (Å²) in [6.07, 6.45) is 2.75. The molecule has 2 heterocycles. The van der Waals surface area contributed by atoms with Crippen molar-refractivity contribution in [3.63, 3.8) is 0 Å². The monoisotopic (exact) mass is 201 g/mol. The van der Waals surface area contributed by atoms with Crippen molar-refractivity contribution >= 4 is 10.8 Å². The molecule has 0 N–H and O–H groups in total. The van der Waals surface area contributed by atoms with Crippen molar-refractivity contribution in [1.29, 1.82) is 0 Å². The second-order valence-corrected chi connectivity index (χ2v) is 3.51. The Morgan fingerprint density at radius 1 is 1.20 bits per heavy atom. The number of aryl methyl sites for hydroxylation is 1. The number of nitrogens with zero attached hydrogens (tertiary/aromatic N) is 1. The van der Waals surface area contributed by atoms with Crippen LogP contribution in [0.3, 0.4) is 0 Å². The predicted molar refractivity (Wildman–Crippen MR) is 57.2 cm³/mol. The van der Waals surface area contributed by atoms with Gasteiger partial charge in [0.25, 0.3) is 0 Å². The minimum absolute atomic E-state index is 0.318. The van der Waals surface area contributed by atoms with Crippen molar-refractivity contribution in [2.24, 2.45) is 0 Å². The predicted octanol–water partition coefficient (Wildman–Crippen LogP) is 2.53. The van der Waals surface area contributed by atoms with Gasteiger partial charge in [-0.3, -0.25) is 4.98 Å². The van der Waals surface area contributed by atoms with E-state index in [4.69, 9.17) is 9.47 Å². The largest absolute Gasteiger partial charge is 0.454 e. The van der Waals surface area contributed by atoms with Gasteiger partial charge in [0.1, 0.15) is 0 Å². The summed E-state index contributed by atoms with van der Waals surface area (Å²) in [5.74, 6) is 1.68. The quantitative estimate of drug-likeness (QED) is 0.710. The van der Waals surface area contributed by atoms with Crippen molar-refractivity contribution in [1.82, 2.24) is 4.98 Å². The second-order valence-electron chi connectivity index (χ2n) is 3.51. The molecule has 1 aliphatic heterocycles. The maximum atomic E-state index is 5.46. The molecule has 0 aliphatic carbocycles. The molecule has 0 fully saturated rings. The summed E-state index contributed by atoms with van der Waals surface area (Å²) in [4.78, 5) is 4.35. The highest BCUT2D eigenvalue weighted by Crippen LogP contribution is 2.39. The van der Waals surface area contributed by atoms with E-state index in [0.717, 1.165) is 34.4 Å². The lowest BCUT2D eigenvalue weighted by Gasteiger charge is -2.05. The van der Waals surface area contributed by atoms with Gasteiger partial charge in [-0.15, -0.1) is 0 Å². The standard InChI is InChI=1S/C12H11NO2/c1-2-10-8-3-4-11-12(15-7-14-11)9(8)5-6-13-10/h3-6H,2,7H2,1H3. The Kier molecular flexibility index (Phi) is 1.78. The molecule has 0 saturated heterocycles. The first kappa shape index (κ1) is 8.53. The molecule has 3 heteroatoms. The highest BCUT2D eigenvalue weighted by atomic mass is 16.7. The van der Waals surface area contributed by atoms with Crippen molar-refractivity contribution in [2.45, 2.75) is 13.3 Å². The molecular weight excluding hydrogens is 190 g/mol. The summed E-state index contributed by atoms with van der Waals surface area (Å²) in [5, 5.41) is 2.25. The van der Waals surface area contributed by atoms with Crippen LogP contribution in [0.25, 0.3) is 10.8 Å². The number of hydrogen-bond acceptors (Lipinski definition) is 3. The van der Waals surface area contributed by atoms with Crippen molar-refractivity contribution < 1.29 is 9.47 Å². The molecule has 0 saturated carbocycles. The smallest absolute Gasteiger partial charge is 0.231 e. The Morgan fingerprint density at radius 2 is 2.13 bits per heavy atom. The lowest BCUT2D eigenvalue weighted by molar-refractivity contribution is 0.175. The maximum Gasteiger partial charge on any atom is 0.231 e. The van der Waals surface area contributed by atoms with E-state index in [9.17, 15) is 0 Å². The van der Waals surface area contributed by atoms with Gasteiger partial charge in [-0.25, -0.2) is 0 Å². The molecule has 0 unspecified atom stereocenters. The molecule has 0 atom stereocenters. The highest BCUT2D eigenvalue weighted by molar-refractivity contribution is 5.92. The molecule has 15 heavy (non-hydrogen) atoms. The van der Waals surface area contributed by atoms with Gasteiger partial charge in [0.15, 0.2) is 11.5 Å². The first-order valence-electron chi connectivity index (χ1n) is 5.06. The fourth-order valence-corrected chi connectivity index (χ4v) is 1.96. The Morgan fingerprint density at radius 3 is 3.00 bits per heavy atom. The Labute approximate surface area is 87.6 Å². The van der Waals surface area contributed by atoms with Crippen LogP contribution in [0.15, 0.2) is 24.4 Å². The Balaban J connectivity index is 2.37. The van der Waals surface area contributed by atoms with Crippen molar-refractivity contribution in [3.05, 3.63) is 30.1 Å². The number of hydrogen-bond donors (Lipinski definition) is 0. The molecule has 3 rings (SSSR count). The number of benzene rings is 1. The van der Waals surface area contributed by atoms with Crippen LogP contribution in [0.5, 0.6) is 11.5 Å². The minimum atomic E-state index is 0.318. The Hall–Kier alpha value is -1.77. The van der Waals surface area contributed by atoms with E-state index in [1.165, 1.54) is 0 Å². The molecule has 0 amide bonds. The van der Waals surface area contributed by atoms with Crippen LogP contribution in [-0.2, 0) is 6.42 Å². The van der Waals surface area contributed by atoms with Crippen LogP contribution in [0.2, 0.25) is 0 Å². The van der Waals surface area contributed by atoms with E-state index in [1.54, 1.807) is 0 Å². The van der Waals surface area contributed by atoms with Gasteiger partial charge in [0.2, 0.25) is 6.79 Å². The van der Waals surface area contributed by atoms with Gasteiger partial charge >= 0.3 is 0 Å². The van der Waals surface area contributed by atoms with E-state index >= 15 is 0 Å². The molecule has 3 nitrogen and oxygen atoms in total. The van der Waals surface area contributed by atoms with Crippen LogP contribution in [-0.4, -0.2) is 11.8 Å². The van der Waals surface area contributed by atoms with E-state index < -0.39 is 0 Å².